The Morgan fingerprint density at radius 1 is 0.638 bits per heavy atom. The summed E-state index contributed by atoms with van der Waals surface area (Å²) in [4.78, 5) is 7.85. The summed E-state index contributed by atoms with van der Waals surface area (Å²) in [5.74, 6) is -0.875. The highest BCUT2D eigenvalue weighted by Crippen LogP contribution is 2.44. The molecule has 0 heterocycles. The molecule has 0 radical (unpaired) electrons. The van der Waals surface area contributed by atoms with E-state index in [1.54, 1.807) is 0 Å². The summed E-state index contributed by atoms with van der Waals surface area (Å²) in [6.07, 6.45) is 0. The number of nitro groups is 1. The lowest BCUT2D eigenvalue weighted by Crippen LogP contribution is -2.08. The van der Waals surface area contributed by atoms with E-state index in [0.29, 0.717) is 6.07 Å². The van der Waals surface area contributed by atoms with Crippen LogP contribution in [-0.2, 0) is 30.4 Å². The van der Waals surface area contributed by atoms with Gasteiger partial charge < -0.3 is 10.8 Å². The quantitative estimate of drug-likeness (QED) is 0.0423. The average Bonchev–Trinajstić information content (AvgIpc) is 2.98. The first-order valence-electron chi connectivity index (χ1n) is 12.5. The highest BCUT2D eigenvalue weighted by Gasteiger charge is 2.26. The Balaban J connectivity index is 1.67. The summed E-state index contributed by atoms with van der Waals surface area (Å²) in [7, 11) is -14.9. The van der Waals surface area contributed by atoms with Crippen LogP contribution < -0.4 is 5.73 Å². The molecular weight excluding hydrogens is 685 g/mol. The fourth-order valence-electron chi connectivity index (χ4n) is 4.48. The van der Waals surface area contributed by atoms with E-state index in [4.69, 9.17) is 5.73 Å². The van der Waals surface area contributed by atoms with Crippen LogP contribution in [-0.4, -0.2) is 48.9 Å². The van der Waals surface area contributed by atoms with Gasteiger partial charge in [-0.05, 0) is 42.5 Å². The smallest absolute Gasteiger partial charge is 0.296 e. The van der Waals surface area contributed by atoms with E-state index in [1.165, 1.54) is 36.4 Å². The molecule has 0 aliphatic carbocycles. The molecule has 6 N–H and O–H groups in total. The summed E-state index contributed by atoms with van der Waals surface area (Å²) in [5, 5.41) is 37.3. The molecule has 0 amide bonds. The Hall–Kier alpha value is -5.45. The van der Waals surface area contributed by atoms with Crippen LogP contribution in [0.4, 0.5) is 34.1 Å². The van der Waals surface area contributed by atoms with Gasteiger partial charge in [-0.15, -0.1) is 15.3 Å². The van der Waals surface area contributed by atoms with E-state index in [-0.39, 0.29) is 39.2 Å². The Kier molecular flexibility index (Phi) is 8.21. The van der Waals surface area contributed by atoms with Crippen molar-refractivity contribution in [2.24, 2.45) is 20.5 Å². The number of hydrogen-bond donors (Lipinski definition) is 5. The maximum atomic E-state index is 12.0. The normalized spacial score (nSPS) is 12.8. The molecule has 0 aliphatic heterocycles. The lowest BCUT2D eigenvalue weighted by atomic mass is 10.1. The molecule has 242 valence electrons. The monoisotopic (exact) mass is 702 g/mol. The lowest BCUT2D eigenvalue weighted by Gasteiger charge is -2.13. The molecule has 5 aromatic rings. The van der Waals surface area contributed by atoms with Crippen LogP contribution in [0, 0.1) is 10.1 Å². The van der Waals surface area contributed by atoms with Crippen molar-refractivity contribution >= 4 is 86.0 Å². The average molecular weight is 703 g/mol. The fraction of sp³-hybridized carbons (Fsp3) is 0. The van der Waals surface area contributed by atoms with Gasteiger partial charge >= 0.3 is 0 Å². The molecule has 0 aromatic heterocycles. The largest absolute Gasteiger partial charge is 0.505 e. The van der Waals surface area contributed by atoms with Gasteiger partial charge in [0, 0.05) is 28.3 Å². The summed E-state index contributed by atoms with van der Waals surface area (Å²) >= 11 is 0. The Labute approximate surface area is 263 Å². The van der Waals surface area contributed by atoms with Crippen LogP contribution in [0.25, 0.3) is 21.5 Å². The van der Waals surface area contributed by atoms with Crippen molar-refractivity contribution in [1.82, 2.24) is 0 Å². The SMILES string of the molecule is Nc1c(S(=O)(=O)O)cc(S(=O)(=O)O)c2ccc(N=Nc3ccc(N=Nc4cccc([N+](=O)[O-])c4)c4cc(S(=O)(=O)O)ccc34)c(O)c12. The van der Waals surface area contributed by atoms with Gasteiger partial charge in [-0.1, -0.05) is 18.2 Å². The molecule has 18 nitrogen and oxygen atoms in total. The number of phenolic OH excluding ortho intramolecular Hbond substituents is 1. The zero-order valence-corrected chi connectivity index (χ0v) is 25.5. The third-order valence-electron chi connectivity index (χ3n) is 6.59. The van der Waals surface area contributed by atoms with Crippen molar-refractivity contribution in [2.75, 3.05) is 5.73 Å². The number of nitrogen functional groups attached to an aromatic ring is 1. The van der Waals surface area contributed by atoms with E-state index in [0.717, 1.165) is 30.3 Å². The van der Waals surface area contributed by atoms with E-state index in [9.17, 15) is 54.1 Å². The maximum absolute atomic E-state index is 12.0. The summed E-state index contributed by atoms with van der Waals surface area (Å²) < 4.78 is 100. The Morgan fingerprint density at radius 2 is 1.21 bits per heavy atom. The molecule has 5 rings (SSSR count). The third-order valence-corrected chi connectivity index (χ3v) is 9.23. The number of non-ortho nitro benzene ring substituents is 1. The number of nitrogens with zero attached hydrogens (tertiary/aromatic N) is 5. The first-order chi connectivity index (χ1) is 21.9. The van der Waals surface area contributed by atoms with Crippen LogP contribution in [0.5, 0.6) is 5.75 Å². The second-order valence-corrected chi connectivity index (χ2v) is 13.8. The van der Waals surface area contributed by atoms with Gasteiger partial charge in [-0.2, -0.15) is 30.4 Å². The van der Waals surface area contributed by atoms with Crippen molar-refractivity contribution in [3.8, 4) is 5.75 Å². The van der Waals surface area contributed by atoms with E-state index >= 15 is 0 Å². The van der Waals surface area contributed by atoms with Gasteiger partial charge in [0.15, 0.2) is 5.75 Å². The topological polar surface area (TPSA) is 302 Å². The fourth-order valence-corrected chi connectivity index (χ4v) is 6.43. The van der Waals surface area contributed by atoms with Gasteiger partial charge in [0.2, 0.25) is 0 Å². The van der Waals surface area contributed by atoms with Crippen molar-refractivity contribution in [3.63, 3.8) is 0 Å². The first kappa shape index (κ1) is 32.9. The minimum atomic E-state index is -5.14. The second-order valence-electron chi connectivity index (χ2n) is 9.56. The van der Waals surface area contributed by atoms with Crippen molar-refractivity contribution < 1.29 is 48.9 Å². The highest BCUT2D eigenvalue weighted by molar-refractivity contribution is 7.87. The van der Waals surface area contributed by atoms with Crippen LogP contribution in [0.2, 0.25) is 0 Å². The molecular formula is C26H18N6O12S3. The summed E-state index contributed by atoms with van der Waals surface area (Å²) in [6, 6.07) is 13.8. The molecule has 0 spiro atoms. The van der Waals surface area contributed by atoms with Gasteiger partial charge in [0.1, 0.15) is 15.5 Å². The number of nitro benzene ring substituents is 1. The van der Waals surface area contributed by atoms with E-state index in [1.807, 2.05) is 0 Å². The maximum Gasteiger partial charge on any atom is 0.296 e. The molecule has 0 saturated carbocycles. The van der Waals surface area contributed by atoms with Gasteiger partial charge in [-0.3, -0.25) is 23.8 Å². The van der Waals surface area contributed by atoms with Crippen LogP contribution in [0.1, 0.15) is 0 Å². The number of benzene rings is 5. The number of fused-ring (bicyclic) bond motifs is 2. The minimum Gasteiger partial charge on any atom is -0.505 e. The number of hydrogen-bond acceptors (Lipinski definition) is 14. The van der Waals surface area contributed by atoms with Gasteiger partial charge in [0.05, 0.1) is 38.0 Å². The molecule has 0 atom stereocenters. The lowest BCUT2D eigenvalue weighted by molar-refractivity contribution is -0.384. The van der Waals surface area contributed by atoms with Crippen LogP contribution in [0.15, 0.2) is 108 Å². The molecule has 0 bridgehead atoms. The number of rotatable bonds is 8. The van der Waals surface area contributed by atoms with Crippen molar-refractivity contribution in [3.05, 3.63) is 82.9 Å². The molecule has 0 aliphatic rings. The third kappa shape index (κ3) is 6.60. The number of nitrogens with two attached hydrogens (primary N) is 1. The molecule has 0 fully saturated rings. The highest BCUT2D eigenvalue weighted by atomic mass is 32.2. The summed E-state index contributed by atoms with van der Waals surface area (Å²) in [6.45, 7) is 0. The van der Waals surface area contributed by atoms with E-state index in [2.05, 4.69) is 20.5 Å². The number of aromatic hydroxyl groups is 1. The Morgan fingerprint density at radius 3 is 1.83 bits per heavy atom. The van der Waals surface area contributed by atoms with Gasteiger partial charge in [0.25, 0.3) is 36.0 Å². The van der Waals surface area contributed by atoms with Crippen LogP contribution in [0.3, 0.4) is 0 Å². The number of azo groups is 2. The minimum absolute atomic E-state index is 0.0361. The number of phenols is 1. The molecule has 5 aromatic carbocycles. The standard InChI is InChI=1S/C26H18N6O12S3/c27-25-23(47(42,43)44)12-22(46(39,40)41)17-6-7-21(26(33)24(17)25)31-30-19-8-9-20(18-11-15(45(36,37)38)4-5-16(18)19)29-28-13-2-1-3-14(10-13)32(34)35/h1-12,33H,27H2,(H,36,37,38)(H,39,40,41)(H,42,43,44). The molecule has 47 heavy (non-hydrogen) atoms. The predicted molar refractivity (Wildman–Crippen MR) is 165 cm³/mol. The summed E-state index contributed by atoms with van der Waals surface area (Å²) in [5.41, 5.74) is 4.65. The van der Waals surface area contributed by atoms with Crippen molar-refractivity contribution in [2.45, 2.75) is 14.7 Å². The molecule has 21 heteroatoms. The predicted octanol–water partition coefficient (Wildman–Crippen LogP) is 5.76. The van der Waals surface area contributed by atoms with Crippen molar-refractivity contribution in [1.29, 1.82) is 0 Å². The first-order valence-corrected chi connectivity index (χ1v) is 16.8. The van der Waals surface area contributed by atoms with Crippen LogP contribution >= 0.6 is 0 Å². The zero-order valence-electron chi connectivity index (χ0n) is 23.0. The number of anilines is 1. The molecule has 0 unspecified atom stereocenters. The van der Waals surface area contributed by atoms with Gasteiger partial charge in [-0.25, -0.2) is 0 Å². The molecule has 0 saturated heterocycles. The Bertz CT molecular complexity index is 2550. The van der Waals surface area contributed by atoms with E-state index < -0.39 is 72.2 Å². The second kappa shape index (κ2) is 11.7. The zero-order chi connectivity index (χ0) is 34.5.